The number of carboxylic acid groups (broad SMARTS) is 1. The number of hydrogen-bond donors (Lipinski definition) is 2. The molecule has 0 bridgehead atoms. The van der Waals surface area contributed by atoms with Gasteiger partial charge in [0.1, 0.15) is 5.75 Å². The van der Waals surface area contributed by atoms with Crippen LogP contribution in [0.4, 0.5) is 0 Å². The standard InChI is InChI=1S/C35H62O3/c1-6-7-8-9-10-11-12-13-14-15-16-17-18-22-25-31(34(37)38)26-23-20-19-21-24-30-27-29(2)33(36)32(28-30)35(3,4)5/h27-28,31,36H,6-26H2,1-5H3,(H,37,38). The van der Waals surface area contributed by atoms with E-state index in [-0.39, 0.29) is 11.3 Å². The Labute approximate surface area is 236 Å². The minimum absolute atomic E-state index is 0.0658. The normalized spacial score (nSPS) is 12.7. The SMILES string of the molecule is CCCCCCCCCCCCCCCCC(CCCCCCc1cc(C)c(O)c(C(C)(C)C)c1)C(=O)O. The predicted molar refractivity (Wildman–Crippen MR) is 164 cm³/mol. The highest BCUT2D eigenvalue weighted by Crippen LogP contribution is 2.34. The summed E-state index contributed by atoms with van der Waals surface area (Å²) >= 11 is 0. The van der Waals surface area contributed by atoms with Crippen molar-refractivity contribution >= 4 is 5.97 Å². The number of hydrogen-bond acceptors (Lipinski definition) is 2. The molecule has 0 aliphatic heterocycles. The number of aliphatic carboxylic acids is 1. The first-order chi connectivity index (χ1) is 18.2. The van der Waals surface area contributed by atoms with Gasteiger partial charge in [0.05, 0.1) is 5.92 Å². The van der Waals surface area contributed by atoms with Crippen LogP contribution >= 0.6 is 0 Å². The molecular weight excluding hydrogens is 468 g/mol. The monoisotopic (exact) mass is 530 g/mol. The van der Waals surface area contributed by atoms with E-state index in [9.17, 15) is 15.0 Å². The second-order valence-corrected chi connectivity index (χ2v) is 12.9. The van der Waals surface area contributed by atoms with E-state index in [1.807, 2.05) is 6.92 Å². The van der Waals surface area contributed by atoms with Crippen LogP contribution in [-0.2, 0) is 16.6 Å². The first kappa shape index (κ1) is 34.5. The van der Waals surface area contributed by atoms with Crippen LogP contribution < -0.4 is 0 Å². The van der Waals surface area contributed by atoms with E-state index in [1.165, 1.54) is 89.0 Å². The molecule has 0 saturated carbocycles. The molecule has 0 aliphatic carbocycles. The van der Waals surface area contributed by atoms with Gasteiger partial charge in [0.25, 0.3) is 0 Å². The third-order valence-electron chi connectivity index (χ3n) is 8.19. The van der Waals surface area contributed by atoms with Crippen LogP contribution in [0.1, 0.15) is 173 Å². The van der Waals surface area contributed by atoms with E-state index in [0.717, 1.165) is 62.5 Å². The molecule has 1 aromatic rings. The lowest BCUT2D eigenvalue weighted by Gasteiger charge is -2.22. The summed E-state index contributed by atoms with van der Waals surface area (Å²) < 4.78 is 0. The van der Waals surface area contributed by atoms with E-state index in [2.05, 4.69) is 39.8 Å². The summed E-state index contributed by atoms with van der Waals surface area (Å²) in [5.41, 5.74) is 3.22. The lowest BCUT2D eigenvalue weighted by Crippen LogP contribution is -2.13. The predicted octanol–water partition coefficient (Wildman–Crippen LogP) is 11.1. The Morgan fingerprint density at radius 3 is 1.55 bits per heavy atom. The average molecular weight is 531 g/mol. The Morgan fingerprint density at radius 1 is 0.711 bits per heavy atom. The van der Waals surface area contributed by atoms with Gasteiger partial charge in [-0.2, -0.15) is 0 Å². The number of aromatic hydroxyl groups is 1. The van der Waals surface area contributed by atoms with E-state index < -0.39 is 5.97 Å². The molecule has 0 heterocycles. The fourth-order valence-electron chi connectivity index (χ4n) is 5.62. The molecule has 1 unspecified atom stereocenters. The zero-order valence-electron chi connectivity index (χ0n) is 25.9. The van der Waals surface area contributed by atoms with Crippen molar-refractivity contribution in [3.63, 3.8) is 0 Å². The van der Waals surface area contributed by atoms with E-state index in [1.54, 1.807) is 0 Å². The van der Waals surface area contributed by atoms with Crippen LogP contribution in [0.15, 0.2) is 12.1 Å². The largest absolute Gasteiger partial charge is 0.507 e. The fourth-order valence-corrected chi connectivity index (χ4v) is 5.62. The molecule has 3 nitrogen and oxygen atoms in total. The number of phenols is 1. The highest BCUT2D eigenvalue weighted by Gasteiger charge is 2.20. The number of carbonyl (C=O) groups is 1. The molecule has 2 N–H and O–H groups in total. The molecule has 1 atom stereocenters. The lowest BCUT2D eigenvalue weighted by atomic mass is 9.83. The molecule has 0 radical (unpaired) electrons. The van der Waals surface area contributed by atoms with Crippen molar-refractivity contribution in [2.75, 3.05) is 0 Å². The molecule has 0 aromatic heterocycles. The Hall–Kier alpha value is -1.51. The second kappa shape index (κ2) is 20.4. The second-order valence-electron chi connectivity index (χ2n) is 12.9. The molecule has 0 amide bonds. The number of rotatable bonds is 23. The van der Waals surface area contributed by atoms with Crippen molar-refractivity contribution in [2.24, 2.45) is 5.92 Å². The average Bonchev–Trinajstić information content (AvgIpc) is 2.85. The molecule has 0 aliphatic rings. The van der Waals surface area contributed by atoms with Crippen LogP contribution in [0.2, 0.25) is 0 Å². The van der Waals surface area contributed by atoms with Gasteiger partial charge in [-0.25, -0.2) is 0 Å². The summed E-state index contributed by atoms with van der Waals surface area (Å²) in [5, 5.41) is 20.1. The quantitative estimate of drug-likeness (QED) is 0.138. The van der Waals surface area contributed by atoms with Crippen molar-refractivity contribution in [1.29, 1.82) is 0 Å². The molecule has 38 heavy (non-hydrogen) atoms. The summed E-state index contributed by atoms with van der Waals surface area (Å²) in [6.45, 7) is 10.7. The number of unbranched alkanes of at least 4 members (excludes halogenated alkanes) is 16. The van der Waals surface area contributed by atoms with Gasteiger partial charge in [-0.1, -0.05) is 149 Å². The maximum atomic E-state index is 11.7. The minimum atomic E-state index is -0.603. The van der Waals surface area contributed by atoms with Crippen molar-refractivity contribution in [3.05, 3.63) is 28.8 Å². The Bertz CT molecular complexity index is 746. The van der Waals surface area contributed by atoms with Crippen molar-refractivity contribution in [2.45, 2.75) is 175 Å². The molecule has 0 saturated heterocycles. The van der Waals surface area contributed by atoms with E-state index in [4.69, 9.17) is 0 Å². The zero-order valence-corrected chi connectivity index (χ0v) is 25.9. The first-order valence-corrected chi connectivity index (χ1v) is 16.2. The van der Waals surface area contributed by atoms with Crippen LogP contribution in [0.3, 0.4) is 0 Å². The number of carboxylic acids is 1. The third kappa shape index (κ3) is 15.8. The van der Waals surface area contributed by atoms with Gasteiger partial charge in [0.2, 0.25) is 0 Å². The number of phenolic OH excluding ortho intramolecular Hbond substituents is 1. The van der Waals surface area contributed by atoms with Crippen LogP contribution in [-0.4, -0.2) is 16.2 Å². The Kier molecular flexibility index (Phi) is 18.5. The molecule has 0 spiro atoms. The molecular formula is C35H62O3. The molecule has 3 heteroatoms. The fraction of sp³-hybridized carbons (Fsp3) is 0.800. The van der Waals surface area contributed by atoms with Crippen LogP contribution in [0.5, 0.6) is 5.75 Å². The highest BCUT2D eigenvalue weighted by molar-refractivity contribution is 5.69. The van der Waals surface area contributed by atoms with Gasteiger partial charge in [0.15, 0.2) is 0 Å². The van der Waals surface area contributed by atoms with Gasteiger partial charge >= 0.3 is 5.97 Å². The highest BCUT2D eigenvalue weighted by atomic mass is 16.4. The van der Waals surface area contributed by atoms with Gasteiger partial charge in [-0.15, -0.1) is 0 Å². The smallest absolute Gasteiger partial charge is 0.306 e. The summed E-state index contributed by atoms with van der Waals surface area (Å²) in [6.07, 6.45) is 25.8. The third-order valence-corrected chi connectivity index (χ3v) is 8.19. The molecule has 220 valence electrons. The molecule has 1 aromatic carbocycles. The van der Waals surface area contributed by atoms with Gasteiger partial charge in [0, 0.05) is 0 Å². The number of benzene rings is 1. The molecule has 1 rings (SSSR count). The number of aryl methyl sites for hydroxylation is 2. The Balaban J connectivity index is 2.09. The lowest BCUT2D eigenvalue weighted by molar-refractivity contribution is -0.142. The topological polar surface area (TPSA) is 57.5 Å². The van der Waals surface area contributed by atoms with Gasteiger partial charge < -0.3 is 10.2 Å². The summed E-state index contributed by atoms with van der Waals surface area (Å²) in [7, 11) is 0. The Morgan fingerprint density at radius 2 is 1.13 bits per heavy atom. The summed E-state index contributed by atoms with van der Waals surface area (Å²) in [6, 6.07) is 4.28. The summed E-state index contributed by atoms with van der Waals surface area (Å²) in [4.78, 5) is 11.7. The van der Waals surface area contributed by atoms with Crippen LogP contribution in [0.25, 0.3) is 0 Å². The first-order valence-electron chi connectivity index (χ1n) is 16.2. The van der Waals surface area contributed by atoms with E-state index >= 15 is 0 Å². The van der Waals surface area contributed by atoms with Gasteiger partial charge in [-0.05, 0) is 54.7 Å². The zero-order chi connectivity index (χ0) is 28.2. The van der Waals surface area contributed by atoms with Crippen molar-refractivity contribution in [3.8, 4) is 5.75 Å². The molecule has 0 fully saturated rings. The van der Waals surface area contributed by atoms with Crippen LogP contribution in [0, 0.1) is 12.8 Å². The maximum absolute atomic E-state index is 11.7. The minimum Gasteiger partial charge on any atom is -0.507 e. The van der Waals surface area contributed by atoms with E-state index in [0.29, 0.717) is 5.75 Å². The van der Waals surface area contributed by atoms with Gasteiger partial charge in [-0.3, -0.25) is 4.79 Å². The van der Waals surface area contributed by atoms with Crippen molar-refractivity contribution < 1.29 is 15.0 Å². The maximum Gasteiger partial charge on any atom is 0.306 e. The van der Waals surface area contributed by atoms with Crippen molar-refractivity contribution in [1.82, 2.24) is 0 Å². The summed E-state index contributed by atoms with van der Waals surface area (Å²) in [5.74, 6) is -0.338.